The van der Waals surface area contributed by atoms with Gasteiger partial charge in [0.1, 0.15) is 0 Å². The van der Waals surface area contributed by atoms with Gasteiger partial charge in [-0.05, 0) is 0 Å². The van der Waals surface area contributed by atoms with Gasteiger partial charge in [-0.2, -0.15) is 0 Å². The summed E-state index contributed by atoms with van der Waals surface area (Å²) in [6, 6.07) is 7.01. The number of amides is 2. The molecule has 1 aromatic carbocycles. The first kappa shape index (κ1) is 9.84. The molecule has 1 aliphatic rings. The van der Waals surface area contributed by atoms with E-state index < -0.39 is 0 Å². The Kier molecular flexibility index (Phi) is 2.68. The molecular formula is C10H8HgNO2. The zero-order chi connectivity index (χ0) is 10.1. The van der Waals surface area contributed by atoms with E-state index in [1.54, 1.807) is 24.3 Å². The van der Waals surface area contributed by atoms with Crippen LogP contribution in [0.4, 0.5) is 0 Å². The van der Waals surface area contributed by atoms with Gasteiger partial charge in [-0.3, -0.25) is 0 Å². The van der Waals surface area contributed by atoms with Gasteiger partial charge < -0.3 is 0 Å². The van der Waals surface area contributed by atoms with Crippen LogP contribution in [0.5, 0.6) is 0 Å². The van der Waals surface area contributed by atoms with Gasteiger partial charge in [0, 0.05) is 0 Å². The number of hydrogen-bond acceptors (Lipinski definition) is 2. The van der Waals surface area contributed by atoms with E-state index in [2.05, 4.69) is 0 Å². The van der Waals surface area contributed by atoms with Crippen molar-refractivity contribution >= 4 is 11.8 Å². The summed E-state index contributed by atoms with van der Waals surface area (Å²) in [6.45, 7) is 0.593. The molecule has 0 atom stereocenters. The SMILES string of the molecule is O=C1c2ccccc2C(=O)N1C[CH2][Hg]. The molecule has 0 unspecified atom stereocenters. The van der Waals surface area contributed by atoms with Crippen LogP contribution in [0.3, 0.4) is 0 Å². The Hall–Kier alpha value is -0.705. The van der Waals surface area contributed by atoms with Crippen LogP contribution < -0.4 is 0 Å². The van der Waals surface area contributed by atoms with E-state index in [9.17, 15) is 9.59 Å². The van der Waals surface area contributed by atoms with Crippen LogP contribution in [0.2, 0.25) is 3.93 Å². The van der Waals surface area contributed by atoms with Gasteiger partial charge in [-0.1, -0.05) is 0 Å². The van der Waals surface area contributed by atoms with Crippen molar-refractivity contribution in [2.45, 2.75) is 3.93 Å². The van der Waals surface area contributed by atoms with Gasteiger partial charge in [0.15, 0.2) is 0 Å². The fraction of sp³-hybridized carbons (Fsp3) is 0.200. The molecular weight excluding hydrogens is 367 g/mol. The van der Waals surface area contributed by atoms with Gasteiger partial charge in [0.25, 0.3) is 0 Å². The second-order valence-electron chi connectivity index (χ2n) is 3.16. The quantitative estimate of drug-likeness (QED) is 0.577. The molecule has 0 radical (unpaired) electrons. The van der Waals surface area contributed by atoms with E-state index in [4.69, 9.17) is 0 Å². The van der Waals surface area contributed by atoms with Crippen LogP contribution in [0, 0.1) is 0 Å². The second-order valence-corrected chi connectivity index (χ2v) is 5.91. The molecule has 2 amide bonds. The molecule has 2 rings (SSSR count). The first-order valence-corrected chi connectivity index (χ1v) is 8.39. The summed E-state index contributed by atoms with van der Waals surface area (Å²) in [7, 11) is 0. The van der Waals surface area contributed by atoms with Crippen LogP contribution in [0.25, 0.3) is 0 Å². The fourth-order valence-corrected chi connectivity index (χ4v) is 2.83. The molecule has 0 spiro atoms. The summed E-state index contributed by atoms with van der Waals surface area (Å²) in [4.78, 5) is 24.8. The van der Waals surface area contributed by atoms with Gasteiger partial charge in [-0.15, -0.1) is 0 Å². The minimum absolute atomic E-state index is 0.129. The molecule has 1 heterocycles. The Bertz CT molecular complexity index is 368. The molecule has 0 saturated carbocycles. The molecule has 14 heavy (non-hydrogen) atoms. The Balaban J connectivity index is 2.43. The molecule has 0 aromatic heterocycles. The van der Waals surface area contributed by atoms with Crippen molar-refractivity contribution < 1.29 is 35.7 Å². The summed E-state index contributed by atoms with van der Waals surface area (Å²) in [5, 5.41) is 0. The molecule has 0 fully saturated rings. The zero-order valence-electron chi connectivity index (χ0n) is 7.69. The first-order valence-electron chi connectivity index (χ1n) is 4.50. The van der Waals surface area contributed by atoms with Gasteiger partial charge >= 0.3 is 98.3 Å². The van der Waals surface area contributed by atoms with E-state index in [0.29, 0.717) is 43.8 Å². The monoisotopic (exact) mass is 376 g/mol. The molecule has 3 nitrogen and oxygen atoms in total. The summed E-state index contributed by atoms with van der Waals surface area (Å²) in [5.41, 5.74) is 1.11. The summed E-state index contributed by atoms with van der Waals surface area (Å²) in [5.74, 6) is -0.257. The second kappa shape index (κ2) is 3.81. The van der Waals surface area contributed by atoms with Crippen molar-refractivity contribution in [1.82, 2.24) is 4.90 Å². The third kappa shape index (κ3) is 1.39. The Morgan fingerprint density at radius 2 is 1.57 bits per heavy atom. The molecule has 1 aliphatic heterocycles. The molecule has 0 aliphatic carbocycles. The fourth-order valence-electron chi connectivity index (χ4n) is 1.60. The van der Waals surface area contributed by atoms with E-state index in [1.165, 1.54) is 4.90 Å². The van der Waals surface area contributed by atoms with E-state index >= 15 is 0 Å². The van der Waals surface area contributed by atoms with Crippen molar-refractivity contribution in [3.05, 3.63) is 35.4 Å². The summed E-state index contributed by atoms with van der Waals surface area (Å²) >= 11 is 0.636. The third-order valence-electron chi connectivity index (χ3n) is 2.26. The van der Waals surface area contributed by atoms with Crippen LogP contribution in [-0.4, -0.2) is 23.3 Å². The number of carbonyl (C=O) groups excluding carboxylic acids is 2. The van der Waals surface area contributed by atoms with Crippen LogP contribution >= 0.6 is 0 Å². The number of benzene rings is 1. The average Bonchev–Trinajstić information content (AvgIpc) is 2.45. The molecule has 0 bridgehead atoms. The molecule has 4 heteroatoms. The van der Waals surface area contributed by atoms with Crippen molar-refractivity contribution in [2.75, 3.05) is 6.54 Å². The maximum absolute atomic E-state index is 11.7. The van der Waals surface area contributed by atoms with Crippen LogP contribution in [-0.2, 0) is 26.1 Å². The number of rotatable bonds is 2. The van der Waals surface area contributed by atoms with E-state index in [1.807, 2.05) is 0 Å². The predicted octanol–water partition coefficient (Wildman–Crippen LogP) is 1.25. The molecule has 0 N–H and O–H groups in total. The third-order valence-corrected chi connectivity index (χ3v) is 3.49. The number of hydrogen-bond donors (Lipinski definition) is 0. The predicted molar refractivity (Wildman–Crippen MR) is 46.6 cm³/mol. The van der Waals surface area contributed by atoms with E-state index in [0.717, 1.165) is 3.93 Å². The first-order chi connectivity index (χ1) is 6.75. The normalized spacial score (nSPS) is 14.9. The Morgan fingerprint density at radius 3 is 2.00 bits per heavy atom. The standard InChI is InChI=1S/C10H8NO2.Hg/c1-2-11-9(12)7-5-3-4-6-8(7)10(11)13;/h3-6H,1-2H2;. The van der Waals surface area contributed by atoms with Gasteiger partial charge in [0.05, 0.1) is 0 Å². The Labute approximate surface area is 98.1 Å². The minimum atomic E-state index is -0.129. The van der Waals surface area contributed by atoms with Gasteiger partial charge in [0.2, 0.25) is 0 Å². The van der Waals surface area contributed by atoms with Crippen LogP contribution in [0.1, 0.15) is 20.7 Å². The molecule has 1 aromatic rings. The Morgan fingerprint density at radius 1 is 1.07 bits per heavy atom. The molecule has 0 saturated heterocycles. The van der Waals surface area contributed by atoms with Crippen molar-refractivity contribution in [2.24, 2.45) is 0 Å². The number of fused-ring (bicyclic) bond motifs is 1. The zero-order valence-corrected chi connectivity index (χ0v) is 13.2. The van der Waals surface area contributed by atoms with Crippen molar-refractivity contribution in [3.8, 4) is 0 Å². The number of nitrogens with zero attached hydrogens (tertiary/aromatic N) is 1. The topological polar surface area (TPSA) is 37.4 Å². The summed E-state index contributed by atoms with van der Waals surface area (Å²) in [6.07, 6.45) is 0. The average molecular weight is 375 g/mol. The van der Waals surface area contributed by atoms with Crippen molar-refractivity contribution in [1.29, 1.82) is 0 Å². The maximum atomic E-state index is 11.7. The number of carbonyl (C=O) groups is 2. The summed E-state index contributed by atoms with van der Waals surface area (Å²) < 4.78 is 0.992. The molecule has 67 valence electrons. The van der Waals surface area contributed by atoms with Gasteiger partial charge in [-0.25, -0.2) is 0 Å². The van der Waals surface area contributed by atoms with Crippen LogP contribution in [0.15, 0.2) is 24.3 Å². The van der Waals surface area contributed by atoms with Crippen molar-refractivity contribution in [3.63, 3.8) is 0 Å². The number of imide groups is 1. The van der Waals surface area contributed by atoms with E-state index in [-0.39, 0.29) is 11.8 Å².